The average Bonchev–Trinajstić information content (AvgIpc) is 2.24. The lowest BCUT2D eigenvalue weighted by Gasteiger charge is -2.50. The van der Waals surface area contributed by atoms with Gasteiger partial charge < -0.3 is 10.6 Å². The third-order valence-electron chi connectivity index (χ3n) is 3.87. The molecule has 94 valence electrons. The lowest BCUT2D eigenvalue weighted by atomic mass is 9.93. The van der Waals surface area contributed by atoms with Gasteiger partial charge in [-0.2, -0.15) is 0 Å². The molecule has 1 amide bonds. The predicted molar refractivity (Wildman–Crippen MR) is 66.2 cm³/mol. The van der Waals surface area contributed by atoms with Gasteiger partial charge in [-0.3, -0.25) is 9.69 Å². The smallest absolute Gasteiger partial charge is 0.241 e. The van der Waals surface area contributed by atoms with E-state index in [2.05, 4.69) is 32.6 Å². The number of carbonyl (C=O) groups excluding carboxylic acids is 1. The molecule has 0 aromatic rings. The van der Waals surface area contributed by atoms with Crippen LogP contribution in [0, 0.1) is 0 Å². The van der Waals surface area contributed by atoms with Crippen molar-refractivity contribution in [3.63, 3.8) is 0 Å². The van der Waals surface area contributed by atoms with Crippen LogP contribution in [0.5, 0.6) is 0 Å². The Morgan fingerprint density at radius 3 is 2.56 bits per heavy atom. The lowest BCUT2D eigenvalue weighted by molar-refractivity contribution is -0.150. The maximum absolute atomic E-state index is 12.2. The molecule has 0 spiro atoms. The van der Waals surface area contributed by atoms with Crippen LogP contribution in [0.2, 0.25) is 0 Å². The van der Waals surface area contributed by atoms with E-state index in [0.29, 0.717) is 12.6 Å². The van der Waals surface area contributed by atoms with Crippen LogP contribution in [0.15, 0.2) is 0 Å². The summed E-state index contributed by atoms with van der Waals surface area (Å²) >= 11 is 0. The van der Waals surface area contributed by atoms with Crippen molar-refractivity contribution < 1.29 is 4.79 Å². The number of carbonyl (C=O) groups is 1. The largest absolute Gasteiger partial charge is 0.338 e. The Kier molecular flexibility index (Phi) is 3.97. The SMILES string of the molecule is CCC(C)N1CC(C)(C)N(C)C(=O)C1CN. The molecule has 1 rings (SSSR count). The third-order valence-corrected chi connectivity index (χ3v) is 3.87. The number of amides is 1. The summed E-state index contributed by atoms with van der Waals surface area (Å²) < 4.78 is 0. The number of hydrogen-bond donors (Lipinski definition) is 1. The van der Waals surface area contributed by atoms with E-state index in [1.807, 2.05) is 11.9 Å². The number of piperazine rings is 1. The zero-order valence-electron chi connectivity index (χ0n) is 11.2. The molecule has 1 aliphatic heterocycles. The molecule has 0 aliphatic carbocycles. The Morgan fingerprint density at radius 1 is 1.56 bits per heavy atom. The molecule has 0 saturated carbocycles. The summed E-state index contributed by atoms with van der Waals surface area (Å²) in [6, 6.07) is 0.262. The topological polar surface area (TPSA) is 49.6 Å². The predicted octanol–water partition coefficient (Wildman–Crippen LogP) is 0.665. The minimum absolute atomic E-state index is 0.105. The molecule has 1 fully saturated rings. The first-order valence-corrected chi connectivity index (χ1v) is 6.08. The maximum Gasteiger partial charge on any atom is 0.241 e. The van der Waals surface area contributed by atoms with Crippen molar-refractivity contribution in [3.05, 3.63) is 0 Å². The summed E-state index contributed by atoms with van der Waals surface area (Å²) in [4.78, 5) is 16.3. The molecule has 1 saturated heterocycles. The zero-order chi connectivity index (χ0) is 12.5. The van der Waals surface area contributed by atoms with E-state index in [0.717, 1.165) is 13.0 Å². The van der Waals surface area contributed by atoms with E-state index >= 15 is 0 Å². The van der Waals surface area contributed by atoms with Gasteiger partial charge in [0.05, 0.1) is 0 Å². The van der Waals surface area contributed by atoms with Crippen molar-refractivity contribution in [1.29, 1.82) is 0 Å². The second-order valence-corrected chi connectivity index (χ2v) is 5.39. The summed E-state index contributed by atoms with van der Waals surface area (Å²) in [6.07, 6.45) is 1.05. The van der Waals surface area contributed by atoms with Gasteiger partial charge in [0, 0.05) is 31.7 Å². The quantitative estimate of drug-likeness (QED) is 0.771. The highest BCUT2D eigenvalue weighted by Gasteiger charge is 2.43. The van der Waals surface area contributed by atoms with E-state index in [4.69, 9.17) is 5.73 Å². The fourth-order valence-corrected chi connectivity index (χ4v) is 2.26. The highest BCUT2D eigenvalue weighted by molar-refractivity contribution is 5.83. The van der Waals surface area contributed by atoms with Crippen molar-refractivity contribution >= 4 is 5.91 Å². The van der Waals surface area contributed by atoms with Crippen LogP contribution >= 0.6 is 0 Å². The maximum atomic E-state index is 12.2. The van der Waals surface area contributed by atoms with Gasteiger partial charge in [0.15, 0.2) is 0 Å². The van der Waals surface area contributed by atoms with Gasteiger partial charge in [-0.1, -0.05) is 6.92 Å². The molecule has 2 unspecified atom stereocenters. The lowest BCUT2D eigenvalue weighted by Crippen LogP contribution is -2.68. The highest BCUT2D eigenvalue weighted by atomic mass is 16.2. The number of rotatable bonds is 3. The summed E-state index contributed by atoms with van der Waals surface area (Å²) in [5, 5.41) is 0. The van der Waals surface area contributed by atoms with Crippen molar-refractivity contribution in [2.24, 2.45) is 5.73 Å². The van der Waals surface area contributed by atoms with Crippen LogP contribution in [0.4, 0.5) is 0 Å². The second-order valence-electron chi connectivity index (χ2n) is 5.39. The monoisotopic (exact) mass is 227 g/mol. The molecule has 1 aliphatic rings. The van der Waals surface area contributed by atoms with Crippen LogP contribution in [0.3, 0.4) is 0 Å². The summed E-state index contributed by atoms with van der Waals surface area (Å²) in [6.45, 7) is 9.82. The molecule has 4 nitrogen and oxygen atoms in total. The molecule has 2 atom stereocenters. The van der Waals surface area contributed by atoms with Gasteiger partial charge in [-0.15, -0.1) is 0 Å². The number of nitrogens with zero attached hydrogens (tertiary/aromatic N) is 2. The Hall–Kier alpha value is -0.610. The zero-order valence-corrected chi connectivity index (χ0v) is 11.2. The number of nitrogens with two attached hydrogens (primary N) is 1. The van der Waals surface area contributed by atoms with E-state index in [1.165, 1.54) is 0 Å². The van der Waals surface area contributed by atoms with Gasteiger partial charge in [-0.05, 0) is 27.2 Å². The first-order valence-electron chi connectivity index (χ1n) is 6.08. The van der Waals surface area contributed by atoms with Crippen molar-refractivity contribution in [3.8, 4) is 0 Å². The van der Waals surface area contributed by atoms with Crippen molar-refractivity contribution in [2.75, 3.05) is 20.1 Å². The van der Waals surface area contributed by atoms with Gasteiger partial charge in [0.25, 0.3) is 0 Å². The average molecular weight is 227 g/mol. The summed E-state index contributed by atoms with van der Waals surface area (Å²) in [5.74, 6) is 0.152. The molecule has 0 radical (unpaired) electrons. The number of likely N-dealkylation sites (N-methyl/N-ethyl adjacent to an activating group) is 1. The fourth-order valence-electron chi connectivity index (χ4n) is 2.26. The molecule has 4 heteroatoms. The minimum Gasteiger partial charge on any atom is -0.338 e. The second kappa shape index (κ2) is 4.72. The number of hydrogen-bond acceptors (Lipinski definition) is 3. The Bertz CT molecular complexity index is 265. The first-order chi connectivity index (χ1) is 7.35. The standard InChI is InChI=1S/C12H25N3O/c1-6-9(2)15-8-12(3,4)14(5)11(16)10(15)7-13/h9-10H,6-8,13H2,1-5H3. The van der Waals surface area contributed by atoms with Crippen LogP contribution in [0.1, 0.15) is 34.1 Å². The van der Waals surface area contributed by atoms with Crippen LogP contribution in [-0.4, -0.2) is 53.5 Å². The van der Waals surface area contributed by atoms with Crippen LogP contribution < -0.4 is 5.73 Å². The Balaban J connectivity index is 2.95. The van der Waals surface area contributed by atoms with Gasteiger partial charge >= 0.3 is 0 Å². The minimum atomic E-state index is -0.145. The molecule has 0 aromatic heterocycles. The van der Waals surface area contributed by atoms with E-state index < -0.39 is 0 Å². The molecule has 0 bridgehead atoms. The van der Waals surface area contributed by atoms with Crippen LogP contribution in [-0.2, 0) is 4.79 Å². The Morgan fingerprint density at radius 2 is 2.12 bits per heavy atom. The molecule has 1 heterocycles. The normalized spacial score (nSPS) is 28.2. The van der Waals surface area contributed by atoms with E-state index in [-0.39, 0.29) is 17.5 Å². The first kappa shape index (κ1) is 13.5. The third kappa shape index (κ3) is 2.23. The highest BCUT2D eigenvalue weighted by Crippen LogP contribution is 2.25. The Labute approximate surface area is 98.8 Å². The van der Waals surface area contributed by atoms with Crippen molar-refractivity contribution in [1.82, 2.24) is 9.80 Å². The molecule has 16 heavy (non-hydrogen) atoms. The molecule has 2 N–H and O–H groups in total. The summed E-state index contributed by atoms with van der Waals surface area (Å²) in [7, 11) is 1.87. The molecular formula is C12H25N3O. The van der Waals surface area contributed by atoms with Gasteiger partial charge in [0.2, 0.25) is 5.91 Å². The summed E-state index contributed by atoms with van der Waals surface area (Å²) in [5.41, 5.74) is 5.63. The van der Waals surface area contributed by atoms with Gasteiger partial charge in [-0.25, -0.2) is 0 Å². The fraction of sp³-hybridized carbons (Fsp3) is 0.917. The van der Waals surface area contributed by atoms with E-state index in [1.54, 1.807) is 0 Å². The van der Waals surface area contributed by atoms with Crippen LogP contribution in [0.25, 0.3) is 0 Å². The van der Waals surface area contributed by atoms with Crippen molar-refractivity contribution in [2.45, 2.75) is 51.7 Å². The van der Waals surface area contributed by atoms with Gasteiger partial charge in [0.1, 0.15) is 6.04 Å². The van der Waals surface area contributed by atoms with E-state index in [9.17, 15) is 4.79 Å². The molecule has 0 aromatic carbocycles. The molecular weight excluding hydrogens is 202 g/mol.